The first-order chi connectivity index (χ1) is 32.5. The molecule has 3 N–H and O–H groups in total. The Morgan fingerprint density at radius 3 is 1.94 bits per heavy atom. The molecule has 2 aliphatic carbocycles. The Bertz CT molecular complexity index is 2960. The van der Waals surface area contributed by atoms with Gasteiger partial charge < -0.3 is 39.2 Å². The van der Waals surface area contributed by atoms with Gasteiger partial charge in [-0.1, -0.05) is 48.5 Å². The number of hydrazine groups is 1. The van der Waals surface area contributed by atoms with E-state index < -0.39 is 11.5 Å². The Hall–Kier alpha value is -7.95. The SMILES string of the molecule is COc1cc2c(cc1OC)-c1c(c(Nc3cccc(F)c3)nn1C(=O)Oc1ccccc1)C2.COc1cc2c(cc1OC)C1NNC(=Nc3cccc(F)c3)C1C2.O=C(Cl)Oc1ccccc1. The molecule has 6 aromatic carbocycles. The van der Waals surface area contributed by atoms with Crippen molar-refractivity contribution in [1.82, 2.24) is 20.6 Å². The van der Waals surface area contributed by atoms with Gasteiger partial charge in [0.1, 0.15) is 29.0 Å². The van der Waals surface area contributed by atoms with E-state index in [0.717, 1.165) is 34.7 Å². The number of benzene rings is 6. The molecule has 14 nitrogen and oxygen atoms in total. The van der Waals surface area contributed by atoms with Crippen molar-refractivity contribution in [1.29, 1.82) is 0 Å². The Kier molecular flexibility index (Phi) is 13.9. The Morgan fingerprint density at radius 2 is 1.31 bits per heavy atom. The zero-order valence-electron chi connectivity index (χ0n) is 36.5. The minimum Gasteiger partial charge on any atom is -0.493 e. The van der Waals surface area contributed by atoms with Gasteiger partial charge in [-0.2, -0.15) is 4.68 Å². The summed E-state index contributed by atoms with van der Waals surface area (Å²) < 4.78 is 60.1. The molecular formula is C50H43ClF2N6O8. The zero-order valence-corrected chi connectivity index (χ0v) is 37.3. The Labute approximate surface area is 389 Å². The fraction of sp³-hybridized carbons (Fsp3) is 0.160. The highest BCUT2D eigenvalue weighted by Gasteiger charge is 2.41. The second-order valence-electron chi connectivity index (χ2n) is 15.0. The van der Waals surface area contributed by atoms with Crippen molar-refractivity contribution in [2.24, 2.45) is 10.9 Å². The maximum atomic E-state index is 13.7. The third-order valence-electron chi connectivity index (χ3n) is 11.0. The molecule has 10 rings (SSSR count). The number of aliphatic imine (C=N–C) groups is 1. The fourth-order valence-electron chi connectivity index (χ4n) is 7.97. The van der Waals surface area contributed by atoms with Crippen LogP contribution in [0, 0.1) is 17.6 Å². The van der Waals surface area contributed by atoms with Crippen molar-refractivity contribution in [3.8, 4) is 45.8 Å². The van der Waals surface area contributed by atoms with E-state index in [2.05, 4.69) is 31.0 Å². The van der Waals surface area contributed by atoms with E-state index in [1.807, 2.05) is 36.4 Å². The lowest BCUT2D eigenvalue weighted by atomic mass is 10.0. The summed E-state index contributed by atoms with van der Waals surface area (Å²) in [6.45, 7) is 0. The average Bonchev–Trinajstić information content (AvgIpc) is 4.09. The van der Waals surface area contributed by atoms with Crippen molar-refractivity contribution in [2.75, 3.05) is 33.8 Å². The number of nitrogens with one attached hydrogen (secondary N) is 3. The number of para-hydroxylation sites is 2. The Balaban J connectivity index is 0.000000156. The van der Waals surface area contributed by atoms with Crippen LogP contribution in [0.15, 0.2) is 138 Å². The number of halogens is 3. The van der Waals surface area contributed by atoms with Gasteiger partial charge in [-0.3, -0.25) is 0 Å². The number of aromatic nitrogens is 2. The second-order valence-corrected chi connectivity index (χ2v) is 15.3. The number of nitrogens with zero attached hydrogens (tertiary/aromatic N) is 3. The maximum Gasteiger partial charge on any atom is 0.440 e. The molecule has 1 fully saturated rings. The van der Waals surface area contributed by atoms with Gasteiger partial charge in [0, 0.05) is 40.8 Å². The molecule has 67 heavy (non-hydrogen) atoms. The van der Waals surface area contributed by atoms with Gasteiger partial charge in [0.25, 0.3) is 0 Å². The molecule has 17 heteroatoms. The number of amidine groups is 1. The molecule has 1 saturated heterocycles. The van der Waals surface area contributed by atoms with Crippen LogP contribution in [0.1, 0.15) is 28.3 Å². The number of fused-ring (bicyclic) bond motifs is 6. The van der Waals surface area contributed by atoms with Gasteiger partial charge in [-0.05, 0) is 108 Å². The maximum absolute atomic E-state index is 13.7. The van der Waals surface area contributed by atoms with Crippen molar-refractivity contribution >= 4 is 46.2 Å². The largest absolute Gasteiger partial charge is 0.493 e. The van der Waals surface area contributed by atoms with Crippen LogP contribution in [-0.4, -0.2) is 55.6 Å². The number of methoxy groups -OCH3 is 4. The number of ether oxygens (including phenoxy) is 6. The summed E-state index contributed by atoms with van der Waals surface area (Å²) in [6, 6.07) is 37.6. The monoisotopic (exact) mass is 928 g/mol. The van der Waals surface area contributed by atoms with Gasteiger partial charge in [-0.15, -0.1) is 5.10 Å². The van der Waals surface area contributed by atoms with Crippen molar-refractivity contribution in [3.05, 3.63) is 167 Å². The van der Waals surface area contributed by atoms with Crippen LogP contribution in [0.3, 0.4) is 0 Å². The molecule has 0 radical (unpaired) electrons. The summed E-state index contributed by atoms with van der Waals surface area (Å²) in [5.74, 6) is 4.21. The zero-order chi connectivity index (χ0) is 47.0. The van der Waals surface area contributed by atoms with Crippen LogP contribution in [0.5, 0.6) is 34.5 Å². The second kappa shape index (κ2) is 20.5. The summed E-state index contributed by atoms with van der Waals surface area (Å²) in [7, 11) is 6.39. The van der Waals surface area contributed by atoms with Crippen LogP contribution in [0.25, 0.3) is 11.3 Å². The number of hydrogen-bond acceptors (Lipinski definition) is 12. The highest BCUT2D eigenvalue weighted by molar-refractivity contribution is 6.61. The molecule has 2 heterocycles. The van der Waals surface area contributed by atoms with Crippen LogP contribution in [0.4, 0.5) is 35.6 Å². The first kappa shape index (κ1) is 45.6. The highest BCUT2D eigenvalue weighted by atomic mass is 35.5. The number of rotatable bonds is 9. The minimum absolute atomic E-state index is 0.118. The molecule has 3 aliphatic rings. The molecule has 1 aliphatic heterocycles. The number of anilines is 2. The van der Waals surface area contributed by atoms with E-state index in [0.29, 0.717) is 58.1 Å². The van der Waals surface area contributed by atoms with Gasteiger partial charge in [-0.25, -0.2) is 28.8 Å². The summed E-state index contributed by atoms with van der Waals surface area (Å²) in [6.07, 6.45) is 0.683. The van der Waals surface area contributed by atoms with Gasteiger partial charge >= 0.3 is 11.5 Å². The Morgan fingerprint density at radius 1 is 0.716 bits per heavy atom. The smallest absolute Gasteiger partial charge is 0.440 e. The minimum atomic E-state index is -0.814. The molecule has 1 aromatic heterocycles. The van der Waals surface area contributed by atoms with Crippen LogP contribution >= 0.6 is 11.6 Å². The van der Waals surface area contributed by atoms with E-state index >= 15 is 0 Å². The third kappa shape index (κ3) is 10.3. The van der Waals surface area contributed by atoms with Crippen molar-refractivity contribution in [3.63, 3.8) is 0 Å². The lowest BCUT2D eigenvalue weighted by Gasteiger charge is -2.13. The molecule has 2 atom stereocenters. The van der Waals surface area contributed by atoms with E-state index in [4.69, 9.17) is 35.3 Å². The van der Waals surface area contributed by atoms with Gasteiger partial charge in [0.15, 0.2) is 28.8 Å². The van der Waals surface area contributed by atoms with Crippen LogP contribution in [-0.2, 0) is 12.8 Å². The molecule has 7 aromatic rings. The van der Waals surface area contributed by atoms with Crippen LogP contribution < -0.4 is 44.6 Å². The molecule has 0 amide bonds. The standard InChI is InChI=1S/C25H20FN3O4.C18H18FN3O2.C7H5ClO2/c1-31-21-12-15-11-20-23(19(15)14-22(21)32-2)29(25(30)33-18-9-4-3-5-10-18)28-24(20)27-17-8-6-7-16(26)13-17;1-23-15-7-10-6-14-17(13(10)9-16(15)24-2)21-22-18(14)20-12-5-3-4-11(19)8-12;8-7(9)10-6-4-2-1-3-5-6/h3-10,12-14H,11H2,1-2H3,(H,27,28);3-5,7-9,14,17,21H,6H2,1-2H3,(H,20,22);1-5H. The lowest BCUT2D eigenvalue weighted by Crippen LogP contribution is -2.28. The molecular weight excluding hydrogens is 886 g/mol. The van der Waals surface area contributed by atoms with Gasteiger partial charge in [0.2, 0.25) is 0 Å². The van der Waals surface area contributed by atoms with E-state index in [1.165, 1.54) is 40.1 Å². The van der Waals surface area contributed by atoms with E-state index in [-0.39, 0.29) is 23.6 Å². The summed E-state index contributed by atoms with van der Waals surface area (Å²) in [5, 5.41) is 7.62. The predicted octanol–water partition coefficient (Wildman–Crippen LogP) is 10.7. The molecule has 2 unspecified atom stereocenters. The first-order valence-electron chi connectivity index (χ1n) is 20.8. The van der Waals surface area contributed by atoms with Crippen LogP contribution in [0.2, 0.25) is 0 Å². The average molecular weight is 929 g/mol. The third-order valence-corrected chi connectivity index (χ3v) is 11.0. The molecule has 0 spiro atoms. The van der Waals surface area contributed by atoms with Gasteiger partial charge in [0.05, 0.1) is 45.9 Å². The first-order valence-corrected chi connectivity index (χ1v) is 21.1. The fourth-order valence-corrected chi connectivity index (χ4v) is 8.06. The highest BCUT2D eigenvalue weighted by Crippen LogP contribution is 2.46. The number of hydrogen-bond donors (Lipinski definition) is 3. The summed E-state index contributed by atoms with van der Waals surface area (Å²) in [4.78, 5) is 27.8. The quantitative estimate of drug-likeness (QED) is 0.118. The van der Waals surface area contributed by atoms with E-state index in [1.54, 1.807) is 101 Å². The predicted molar refractivity (Wildman–Crippen MR) is 249 cm³/mol. The molecule has 342 valence electrons. The normalized spacial score (nSPS) is 15.2. The topological polar surface area (TPSA) is 156 Å². The lowest BCUT2D eigenvalue weighted by molar-refractivity contribution is 0.199. The molecule has 0 bridgehead atoms. The summed E-state index contributed by atoms with van der Waals surface area (Å²) >= 11 is 4.95. The molecule has 0 saturated carbocycles. The number of carbonyl (C=O) groups excluding carboxylic acids is 2. The summed E-state index contributed by atoms with van der Waals surface area (Å²) in [5.41, 5.74) is 12.2. The van der Waals surface area contributed by atoms with Crippen molar-refractivity contribution in [2.45, 2.75) is 18.9 Å². The van der Waals surface area contributed by atoms with Crippen molar-refractivity contribution < 1.29 is 46.8 Å². The van der Waals surface area contributed by atoms with E-state index in [9.17, 15) is 18.4 Å². The number of carbonyl (C=O) groups is 2.